The summed E-state index contributed by atoms with van der Waals surface area (Å²) in [5, 5.41) is 17.2. The van der Waals surface area contributed by atoms with Crippen molar-refractivity contribution in [2.45, 2.75) is 23.9 Å². The Morgan fingerprint density at radius 2 is 2.00 bits per heavy atom. The van der Waals surface area contributed by atoms with Gasteiger partial charge in [-0.15, -0.1) is 0 Å². The zero-order chi connectivity index (χ0) is 22.3. The second-order valence-corrected chi connectivity index (χ2v) is 9.55. The van der Waals surface area contributed by atoms with E-state index >= 15 is 0 Å². The van der Waals surface area contributed by atoms with E-state index in [1.54, 1.807) is 23.1 Å². The van der Waals surface area contributed by atoms with Crippen LogP contribution >= 0.6 is 0 Å². The molecule has 2 aliphatic heterocycles. The molecule has 0 saturated heterocycles. The Labute approximate surface area is 185 Å². The van der Waals surface area contributed by atoms with Gasteiger partial charge in [0.2, 0.25) is 5.91 Å². The number of aliphatic hydroxyl groups excluding tert-OH is 1. The molecule has 32 heavy (non-hydrogen) atoms. The molecular formula is C22H22N4O5S. The van der Waals surface area contributed by atoms with Crippen LogP contribution in [0.3, 0.4) is 0 Å². The van der Waals surface area contributed by atoms with Crippen molar-refractivity contribution in [1.82, 2.24) is 14.1 Å². The zero-order valence-corrected chi connectivity index (χ0v) is 18.0. The van der Waals surface area contributed by atoms with E-state index in [0.29, 0.717) is 35.8 Å². The second-order valence-electron chi connectivity index (χ2n) is 7.75. The van der Waals surface area contributed by atoms with Gasteiger partial charge in [0.15, 0.2) is 0 Å². The molecule has 0 radical (unpaired) electrons. The molecule has 3 heterocycles. The number of anilines is 1. The van der Waals surface area contributed by atoms with Crippen LogP contribution in [0.4, 0.5) is 5.69 Å². The van der Waals surface area contributed by atoms with E-state index < -0.39 is 15.9 Å². The molecule has 10 heteroatoms. The van der Waals surface area contributed by atoms with Crippen molar-refractivity contribution in [2.75, 3.05) is 25.1 Å². The van der Waals surface area contributed by atoms with E-state index in [-0.39, 0.29) is 30.5 Å². The Balaban J connectivity index is 1.36. The Morgan fingerprint density at radius 1 is 1.19 bits per heavy atom. The van der Waals surface area contributed by atoms with Crippen LogP contribution in [0.2, 0.25) is 0 Å². The molecule has 0 spiro atoms. The van der Waals surface area contributed by atoms with Crippen LogP contribution in [0.1, 0.15) is 22.7 Å². The monoisotopic (exact) mass is 454 g/mol. The van der Waals surface area contributed by atoms with Crippen molar-refractivity contribution in [2.24, 2.45) is 0 Å². The number of benzene rings is 2. The summed E-state index contributed by atoms with van der Waals surface area (Å²) in [6.45, 7) is 1.27. The Kier molecular flexibility index (Phi) is 5.10. The largest absolute Gasteiger partial charge is 0.490 e. The van der Waals surface area contributed by atoms with E-state index in [9.17, 15) is 18.3 Å². The topological polar surface area (TPSA) is 114 Å². The number of amides is 1. The van der Waals surface area contributed by atoms with Gasteiger partial charge >= 0.3 is 0 Å². The van der Waals surface area contributed by atoms with Gasteiger partial charge in [-0.2, -0.15) is 17.6 Å². The predicted octanol–water partition coefficient (Wildman–Crippen LogP) is 1.54. The van der Waals surface area contributed by atoms with E-state index in [1.807, 2.05) is 18.2 Å². The summed E-state index contributed by atoms with van der Waals surface area (Å²) in [4.78, 5) is 14.7. The van der Waals surface area contributed by atoms with Gasteiger partial charge in [-0.25, -0.2) is 0 Å². The molecule has 0 saturated carbocycles. The smallest absolute Gasteiger partial charge is 0.283 e. The van der Waals surface area contributed by atoms with Crippen LogP contribution in [0.15, 0.2) is 59.6 Å². The first kappa shape index (κ1) is 20.5. The molecule has 2 N–H and O–H groups in total. The number of hydrogen-bond acceptors (Lipinski definition) is 7. The number of nitrogens with one attached hydrogen (secondary N) is 1. The lowest BCUT2D eigenvalue weighted by Crippen LogP contribution is -2.33. The number of aromatic nitrogens is 2. The van der Waals surface area contributed by atoms with Gasteiger partial charge in [0.1, 0.15) is 12.4 Å². The highest BCUT2D eigenvalue weighted by Crippen LogP contribution is 2.32. The van der Waals surface area contributed by atoms with Crippen LogP contribution in [0.5, 0.6) is 5.75 Å². The highest BCUT2D eigenvalue weighted by Gasteiger charge is 2.33. The number of nitrogens with zero attached hydrogens (tertiary/aromatic N) is 3. The number of ether oxygens (including phenoxy) is 1. The highest BCUT2D eigenvalue weighted by atomic mass is 32.2. The van der Waals surface area contributed by atoms with E-state index in [0.717, 1.165) is 9.65 Å². The average molecular weight is 455 g/mol. The van der Waals surface area contributed by atoms with Crippen molar-refractivity contribution < 1.29 is 23.1 Å². The quantitative estimate of drug-likeness (QED) is 0.601. The normalized spacial score (nSPS) is 16.0. The average Bonchev–Trinajstić information content (AvgIpc) is 3.40. The minimum atomic E-state index is -3.89. The summed E-state index contributed by atoms with van der Waals surface area (Å²) in [5.74, 6) is -0.266. The molecule has 1 atom stereocenters. The molecule has 166 valence electrons. The lowest BCUT2D eigenvalue weighted by Gasteiger charge is -2.22. The molecule has 2 aromatic carbocycles. The molecular weight excluding hydrogens is 432 g/mol. The number of carbonyl (C=O) groups is 1. The van der Waals surface area contributed by atoms with E-state index in [2.05, 4.69) is 10.4 Å². The van der Waals surface area contributed by atoms with Crippen molar-refractivity contribution >= 4 is 21.6 Å². The fourth-order valence-corrected chi connectivity index (χ4v) is 5.22. The first-order chi connectivity index (χ1) is 15.5. The van der Waals surface area contributed by atoms with Crippen molar-refractivity contribution in [3.8, 4) is 5.75 Å². The van der Waals surface area contributed by atoms with Crippen LogP contribution in [-0.4, -0.2) is 53.3 Å². The van der Waals surface area contributed by atoms with Gasteiger partial charge in [-0.3, -0.25) is 4.79 Å². The highest BCUT2D eigenvalue weighted by molar-refractivity contribution is 7.89. The SMILES string of the molecule is O=C(C(CO)c1ccccc1)N1Cc2cn(S(=O)(=O)c3ccc4c(c3)NCCO4)nc2C1. The van der Waals surface area contributed by atoms with E-state index in [1.165, 1.54) is 18.3 Å². The summed E-state index contributed by atoms with van der Waals surface area (Å²) < 4.78 is 32.7. The number of carbonyl (C=O) groups excluding carboxylic acids is 1. The fraction of sp³-hybridized carbons (Fsp3) is 0.273. The van der Waals surface area contributed by atoms with Gasteiger partial charge in [-0.1, -0.05) is 30.3 Å². The summed E-state index contributed by atoms with van der Waals surface area (Å²) in [7, 11) is -3.89. The third kappa shape index (κ3) is 3.51. The molecule has 9 nitrogen and oxygen atoms in total. The molecule has 0 aliphatic carbocycles. The maximum atomic E-state index is 13.1. The Hall–Kier alpha value is -3.37. The van der Waals surface area contributed by atoms with Gasteiger partial charge in [0, 0.05) is 24.8 Å². The Morgan fingerprint density at radius 3 is 2.75 bits per heavy atom. The van der Waals surface area contributed by atoms with Gasteiger partial charge in [0.25, 0.3) is 10.0 Å². The number of hydrogen-bond donors (Lipinski definition) is 2. The predicted molar refractivity (Wildman–Crippen MR) is 116 cm³/mol. The molecule has 0 bridgehead atoms. The molecule has 1 aromatic heterocycles. The van der Waals surface area contributed by atoms with Crippen LogP contribution < -0.4 is 10.1 Å². The van der Waals surface area contributed by atoms with Crippen LogP contribution in [0, 0.1) is 0 Å². The Bertz CT molecular complexity index is 1250. The molecule has 1 amide bonds. The van der Waals surface area contributed by atoms with Gasteiger partial charge < -0.3 is 20.1 Å². The standard InChI is InChI=1S/C22H22N4O5S/c27-14-18(15-4-2-1-3-5-15)22(28)25-11-16-12-26(24-20(16)13-25)32(29,30)17-6-7-21-19(10-17)23-8-9-31-21/h1-7,10,12,18,23,27H,8-9,11,13-14H2. The summed E-state index contributed by atoms with van der Waals surface area (Å²) >= 11 is 0. The van der Waals surface area contributed by atoms with Crippen molar-refractivity contribution in [1.29, 1.82) is 0 Å². The maximum Gasteiger partial charge on any atom is 0.283 e. The van der Waals surface area contributed by atoms with Crippen molar-refractivity contribution in [3.63, 3.8) is 0 Å². The maximum absolute atomic E-state index is 13.1. The summed E-state index contributed by atoms with van der Waals surface area (Å²) in [6.07, 6.45) is 1.46. The molecule has 3 aromatic rings. The molecule has 2 aliphatic rings. The minimum absolute atomic E-state index is 0.104. The first-order valence-electron chi connectivity index (χ1n) is 10.3. The summed E-state index contributed by atoms with van der Waals surface area (Å²) in [6, 6.07) is 13.8. The zero-order valence-electron chi connectivity index (χ0n) is 17.1. The van der Waals surface area contributed by atoms with Crippen molar-refractivity contribution in [3.05, 3.63) is 71.5 Å². The van der Waals surface area contributed by atoms with Gasteiger partial charge in [-0.05, 0) is 23.8 Å². The molecule has 1 unspecified atom stereocenters. The first-order valence-corrected chi connectivity index (χ1v) is 11.7. The van der Waals surface area contributed by atoms with Crippen LogP contribution in [-0.2, 0) is 27.9 Å². The second kappa shape index (κ2) is 7.95. The van der Waals surface area contributed by atoms with E-state index in [4.69, 9.17) is 4.74 Å². The molecule has 5 rings (SSSR count). The lowest BCUT2D eigenvalue weighted by atomic mass is 9.98. The number of rotatable bonds is 5. The van der Waals surface area contributed by atoms with Crippen LogP contribution in [0.25, 0.3) is 0 Å². The fourth-order valence-electron chi connectivity index (χ4n) is 4.03. The summed E-state index contributed by atoms with van der Waals surface area (Å²) in [5.41, 5.74) is 2.57. The number of aliphatic hydroxyl groups is 1. The minimum Gasteiger partial charge on any atom is -0.490 e. The van der Waals surface area contributed by atoms with Gasteiger partial charge in [0.05, 0.1) is 35.3 Å². The third-order valence-electron chi connectivity index (χ3n) is 5.72. The number of fused-ring (bicyclic) bond motifs is 2. The third-order valence-corrected chi connectivity index (χ3v) is 7.25. The lowest BCUT2D eigenvalue weighted by molar-refractivity contribution is -0.134. The molecule has 0 fully saturated rings.